The van der Waals surface area contributed by atoms with Crippen molar-refractivity contribution in [3.8, 4) is 0 Å². The summed E-state index contributed by atoms with van der Waals surface area (Å²) < 4.78 is 15.9. The summed E-state index contributed by atoms with van der Waals surface area (Å²) in [5.41, 5.74) is 0. The molecule has 0 bridgehead atoms. The van der Waals surface area contributed by atoms with Gasteiger partial charge >= 0.3 is 8.09 Å². The van der Waals surface area contributed by atoms with Crippen LogP contribution >= 0.6 is 8.09 Å². The van der Waals surface area contributed by atoms with Crippen LogP contribution in [0.25, 0.3) is 0 Å². The predicted octanol–water partition coefficient (Wildman–Crippen LogP) is 1.19. The Labute approximate surface area is 59.8 Å². The number of allylic oxidation sites excluding steroid dienone is 1. The zero-order chi connectivity index (χ0) is 7.03. The van der Waals surface area contributed by atoms with E-state index in [1.807, 2.05) is 6.92 Å². The molecule has 0 amide bonds. The van der Waals surface area contributed by atoms with Gasteiger partial charge in [-0.3, -0.25) is 4.52 Å². The first kappa shape index (κ1) is 6.40. The average molecular weight is 162 g/mol. The lowest BCUT2D eigenvalue weighted by Gasteiger charge is -2.06. The summed E-state index contributed by atoms with van der Waals surface area (Å²) in [6.07, 6.45) is 1.78. The predicted molar refractivity (Wildman–Crippen MR) is 36.8 cm³/mol. The molecule has 0 aliphatic carbocycles. The number of hydrogen-bond donors (Lipinski definition) is 1. The Kier molecular flexibility index (Phi) is 1.34. The average Bonchev–Trinajstić information content (AvgIpc) is 2.46. The normalized spacial score (nSPS) is 27.9. The maximum absolute atomic E-state index is 5.33. The molecule has 1 N–H and O–H groups in total. The molecule has 5 heteroatoms. The summed E-state index contributed by atoms with van der Waals surface area (Å²) in [6, 6.07) is 0. The molecule has 0 unspecified atom stereocenters. The fourth-order valence-electron chi connectivity index (χ4n) is 0.892. The van der Waals surface area contributed by atoms with Crippen LogP contribution in [-0.4, -0.2) is 13.2 Å². The standard InChI is InChI=1S/C5H9NO3P/c1-5-4-6-10(9-5)7-2-3-8-10/h4,6H,2-3H2,1H3/q+1. The zero-order valence-corrected chi connectivity index (χ0v) is 6.56. The van der Waals surface area contributed by atoms with E-state index in [1.165, 1.54) is 0 Å². The molecule has 1 saturated heterocycles. The summed E-state index contributed by atoms with van der Waals surface area (Å²) in [5, 5.41) is 2.96. The molecule has 1 spiro atoms. The van der Waals surface area contributed by atoms with Crippen LogP contribution in [0.3, 0.4) is 0 Å². The molecule has 0 atom stereocenters. The molecular weight excluding hydrogens is 153 g/mol. The summed E-state index contributed by atoms with van der Waals surface area (Å²) in [5.74, 6) is 0.829. The minimum atomic E-state index is -2.10. The topological polar surface area (TPSA) is 39.7 Å². The van der Waals surface area contributed by atoms with E-state index in [4.69, 9.17) is 13.6 Å². The number of rotatable bonds is 0. The molecular formula is C5H9NO3P+. The number of nitrogens with one attached hydrogen (secondary N) is 1. The van der Waals surface area contributed by atoms with E-state index in [9.17, 15) is 0 Å². The molecule has 4 nitrogen and oxygen atoms in total. The maximum Gasteiger partial charge on any atom is 0.573 e. The van der Waals surface area contributed by atoms with Crippen LogP contribution in [-0.2, 0) is 13.6 Å². The molecule has 56 valence electrons. The zero-order valence-electron chi connectivity index (χ0n) is 5.66. The molecule has 0 radical (unpaired) electrons. The van der Waals surface area contributed by atoms with E-state index < -0.39 is 8.09 Å². The molecule has 2 rings (SSSR count). The van der Waals surface area contributed by atoms with E-state index in [0.717, 1.165) is 5.76 Å². The first-order valence-corrected chi connectivity index (χ1v) is 4.67. The van der Waals surface area contributed by atoms with Gasteiger partial charge in [0.2, 0.25) is 0 Å². The van der Waals surface area contributed by atoms with E-state index in [2.05, 4.69) is 5.09 Å². The third kappa shape index (κ3) is 0.888. The lowest BCUT2D eigenvalue weighted by atomic mass is 10.6. The quantitative estimate of drug-likeness (QED) is 0.543. The van der Waals surface area contributed by atoms with Gasteiger partial charge in [-0.05, 0) is 0 Å². The maximum atomic E-state index is 5.33. The van der Waals surface area contributed by atoms with Crippen molar-refractivity contribution in [3.05, 3.63) is 12.0 Å². The largest absolute Gasteiger partial charge is 0.573 e. The van der Waals surface area contributed by atoms with Crippen LogP contribution in [0.1, 0.15) is 6.92 Å². The molecule has 2 aliphatic rings. The van der Waals surface area contributed by atoms with Crippen molar-refractivity contribution in [1.29, 1.82) is 0 Å². The second-order valence-electron chi connectivity index (χ2n) is 2.14. The van der Waals surface area contributed by atoms with Gasteiger partial charge in [0.15, 0.2) is 5.76 Å². The van der Waals surface area contributed by atoms with Crippen molar-refractivity contribution in [2.75, 3.05) is 13.2 Å². The van der Waals surface area contributed by atoms with Crippen molar-refractivity contribution in [3.63, 3.8) is 0 Å². The Hall–Kier alpha value is -0.310. The Balaban J connectivity index is 2.07. The Morgan fingerprint density at radius 1 is 1.50 bits per heavy atom. The third-order valence-electron chi connectivity index (χ3n) is 1.30. The minimum absolute atomic E-state index is 0.627. The van der Waals surface area contributed by atoms with Gasteiger partial charge in [-0.25, -0.2) is 0 Å². The second kappa shape index (κ2) is 2.09. The van der Waals surface area contributed by atoms with Crippen LogP contribution in [0.4, 0.5) is 0 Å². The molecule has 0 aromatic heterocycles. The molecule has 2 aliphatic heterocycles. The van der Waals surface area contributed by atoms with Crippen LogP contribution in [0.2, 0.25) is 0 Å². The highest BCUT2D eigenvalue weighted by molar-refractivity contribution is 7.60. The van der Waals surface area contributed by atoms with Gasteiger partial charge in [0.25, 0.3) is 0 Å². The van der Waals surface area contributed by atoms with Crippen molar-refractivity contribution >= 4 is 8.09 Å². The second-order valence-corrected chi connectivity index (χ2v) is 4.09. The van der Waals surface area contributed by atoms with Gasteiger partial charge in [0.1, 0.15) is 13.2 Å². The fourth-order valence-corrected chi connectivity index (χ4v) is 2.67. The highest BCUT2D eigenvalue weighted by Gasteiger charge is 2.54. The van der Waals surface area contributed by atoms with Gasteiger partial charge in [-0.15, -0.1) is 9.05 Å². The lowest BCUT2D eigenvalue weighted by molar-refractivity contribution is 0.281. The van der Waals surface area contributed by atoms with Gasteiger partial charge < -0.3 is 0 Å². The first-order chi connectivity index (χ1) is 4.81. The van der Waals surface area contributed by atoms with Crippen LogP contribution in [0, 0.1) is 0 Å². The summed E-state index contributed by atoms with van der Waals surface area (Å²) in [6.45, 7) is 3.12. The Morgan fingerprint density at radius 2 is 2.20 bits per heavy atom. The van der Waals surface area contributed by atoms with Crippen LogP contribution in [0.5, 0.6) is 0 Å². The number of hydrogen-bond acceptors (Lipinski definition) is 4. The summed E-state index contributed by atoms with van der Waals surface area (Å²) in [7, 11) is -2.10. The Bertz CT molecular complexity index is 176. The lowest BCUT2D eigenvalue weighted by Crippen LogP contribution is -2.04. The SMILES string of the molecule is CC1=CN[P+]2(OCCO2)O1. The molecule has 10 heavy (non-hydrogen) atoms. The van der Waals surface area contributed by atoms with Crippen LogP contribution in [0.15, 0.2) is 12.0 Å². The molecule has 1 fully saturated rings. The van der Waals surface area contributed by atoms with Crippen molar-refractivity contribution in [2.45, 2.75) is 6.92 Å². The van der Waals surface area contributed by atoms with E-state index in [-0.39, 0.29) is 0 Å². The van der Waals surface area contributed by atoms with Crippen molar-refractivity contribution < 1.29 is 13.6 Å². The van der Waals surface area contributed by atoms with Crippen molar-refractivity contribution in [1.82, 2.24) is 5.09 Å². The molecule has 0 aromatic rings. The van der Waals surface area contributed by atoms with Crippen LogP contribution < -0.4 is 5.09 Å². The van der Waals surface area contributed by atoms with Crippen molar-refractivity contribution in [2.24, 2.45) is 0 Å². The first-order valence-electron chi connectivity index (χ1n) is 3.13. The van der Waals surface area contributed by atoms with E-state index >= 15 is 0 Å². The van der Waals surface area contributed by atoms with Gasteiger partial charge in [-0.1, -0.05) is 0 Å². The third-order valence-corrected chi connectivity index (χ3v) is 3.31. The Morgan fingerprint density at radius 3 is 2.70 bits per heavy atom. The molecule has 0 saturated carbocycles. The summed E-state index contributed by atoms with van der Waals surface area (Å²) >= 11 is 0. The smallest absolute Gasteiger partial charge is 0.269 e. The molecule has 2 heterocycles. The minimum Gasteiger partial charge on any atom is -0.269 e. The van der Waals surface area contributed by atoms with Gasteiger partial charge in [-0.2, -0.15) is 5.09 Å². The highest BCUT2D eigenvalue weighted by atomic mass is 31.2. The highest BCUT2D eigenvalue weighted by Crippen LogP contribution is 2.64. The van der Waals surface area contributed by atoms with Gasteiger partial charge in [0.05, 0.1) is 6.20 Å². The fraction of sp³-hybridized carbons (Fsp3) is 0.600. The monoisotopic (exact) mass is 162 g/mol. The molecule has 0 aromatic carbocycles. The van der Waals surface area contributed by atoms with E-state index in [1.54, 1.807) is 6.20 Å². The summed E-state index contributed by atoms with van der Waals surface area (Å²) in [4.78, 5) is 0. The van der Waals surface area contributed by atoms with Gasteiger partial charge in [0, 0.05) is 6.92 Å². The van der Waals surface area contributed by atoms with E-state index in [0.29, 0.717) is 13.2 Å².